The van der Waals surface area contributed by atoms with Crippen molar-refractivity contribution in [2.45, 2.75) is 13.5 Å². The predicted molar refractivity (Wildman–Crippen MR) is 159 cm³/mol. The molecule has 1 aliphatic rings. The average molecular weight is 675 g/mol. The summed E-state index contributed by atoms with van der Waals surface area (Å²) in [6, 6.07) is 13.1. The van der Waals surface area contributed by atoms with E-state index >= 15 is 0 Å². The van der Waals surface area contributed by atoms with Crippen LogP contribution >= 0.6 is 74.6 Å². The molecule has 6 nitrogen and oxygen atoms in total. The summed E-state index contributed by atoms with van der Waals surface area (Å²) in [5.41, 5.74) is 1.38. The van der Waals surface area contributed by atoms with Crippen LogP contribution in [0.1, 0.15) is 18.1 Å². The number of halogens is 5. The number of thiocarbonyl (C=S) groups is 1. The van der Waals surface area contributed by atoms with Crippen LogP contribution in [0.4, 0.5) is 5.69 Å². The number of amides is 2. The molecule has 3 aromatic carbocycles. The molecule has 0 saturated carbocycles. The predicted octanol–water partition coefficient (Wildman–Crippen LogP) is 7.87. The lowest BCUT2D eigenvalue weighted by Gasteiger charge is -2.29. The van der Waals surface area contributed by atoms with Gasteiger partial charge in [0.25, 0.3) is 11.8 Å². The van der Waals surface area contributed by atoms with Crippen LogP contribution in [0.5, 0.6) is 11.5 Å². The lowest BCUT2D eigenvalue weighted by Crippen LogP contribution is -2.54. The first kappa shape index (κ1) is 28.7. The quantitative estimate of drug-likeness (QED) is 0.157. The number of benzene rings is 3. The van der Waals surface area contributed by atoms with Gasteiger partial charge in [-0.2, -0.15) is 0 Å². The molecule has 0 aliphatic carbocycles. The zero-order valence-corrected chi connectivity index (χ0v) is 24.9. The maximum absolute atomic E-state index is 13.4. The molecule has 0 spiro atoms. The van der Waals surface area contributed by atoms with E-state index in [-0.39, 0.29) is 28.0 Å². The summed E-state index contributed by atoms with van der Waals surface area (Å²) < 4.78 is 12.3. The third-order valence-corrected chi connectivity index (χ3v) is 7.28. The summed E-state index contributed by atoms with van der Waals surface area (Å²) in [6.07, 6.45) is 1.43. The van der Waals surface area contributed by atoms with Crippen molar-refractivity contribution in [1.29, 1.82) is 0 Å². The molecule has 0 atom stereocenters. The van der Waals surface area contributed by atoms with Gasteiger partial charge in [-0.25, -0.2) is 0 Å². The van der Waals surface area contributed by atoms with Crippen LogP contribution in [-0.2, 0) is 16.2 Å². The molecular formula is C26H17BrCl4N2O4S. The van der Waals surface area contributed by atoms with Crippen molar-refractivity contribution in [1.82, 2.24) is 5.32 Å². The molecule has 0 radical (unpaired) electrons. The van der Waals surface area contributed by atoms with Gasteiger partial charge in [0, 0.05) is 20.6 Å². The van der Waals surface area contributed by atoms with Gasteiger partial charge in [-0.05, 0) is 89.2 Å². The lowest BCUT2D eigenvalue weighted by atomic mass is 10.1. The second-order valence-corrected chi connectivity index (χ2v) is 10.8. The number of carbonyl (C=O) groups is 2. The van der Waals surface area contributed by atoms with E-state index in [1.54, 1.807) is 42.5 Å². The molecule has 1 heterocycles. The fourth-order valence-electron chi connectivity index (χ4n) is 3.57. The summed E-state index contributed by atoms with van der Waals surface area (Å²) in [7, 11) is 0. The number of hydrogen-bond acceptors (Lipinski definition) is 5. The minimum Gasteiger partial charge on any atom is -0.490 e. The molecule has 12 heteroatoms. The number of rotatable bonds is 7. The summed E-state index contributed by atoms with van der Waals surface area (Å²) in [6.45, 7) is 2.33. The van der Waals surface area contributed by atoms with Crippen LogP contribution in [0.15, 0.2) is 58.6 Å². The molecule has 0 aromatic heterocycles. The Labute approximate surface area is 252 Å². The Morgan fingerprint density at radius 1 is 0.974 bits per heavy atom. The topological polar surface area (TPSA) is 67.9 Å². The number of ether oxygens (including phenoxy) is 2. The Morgan fingerprint density at radius 3 is 2.32 bits per heavy atom. The van der Waals surface area contributed by atoms with E-state index in [0.29, 0.717) is 43.2 Å². The van der Waals surface area contributed by atoms with Crippen LogP contribution in [0, 0.1) is 0 Å². The monoisotopic (exact) mass is 672 g/mol. The first-order chi connectivity index (χ1) is 18.1. The number of nitrogens with one attached hydrogen (secondary N) is 1. The molecule has 2 amide bonds. The fourth-order valence-corrected chi connectivity index (χ4v) is 5.37. The molecule has 3 aromatic rings. The zero-order valence-electron chi connectivity index (χ0n) is 19.5. The molecule has 0 bridgehead atoms. The first-order valence-corrected chi connectivity index (χ1v) is 13.7. The van der Waals surface area contributed by atoms with Crippen LogP contribution in [0.2, 0.25) is 20.1 Å². The van der Waals surface area contributed by atoms with Crippen molar-refractivity contribution in [2.24, 2.45) is 0 Å². The standard InChI is InChI=1S/C26H17BrCl4N2O4S/c1-2-36-22-9-13(8-18(27)23(22)37-12-14-3-4-15(28)10-19(14)30)7-17-24(34)32-26(38)33(25(17)35)21-6-5-16(29)11-20(21)31/h3-11H,2,12H2,1H3,(H,32,34,38)/b17-7+. The Morgan fingerprint density at radius 2 is 1.66 bits per heavy atom. The Balaban J connectivity index is 1.67. The molecule has 0 unspecified atom stereocenters. The van der Waals surface area contributed by atoms with Gasteiger partial charge in [0.2, 0.25) is 0 Å². The number of anilines is 1. The Hall–Kier alpha value is -2.33. The van der Waals surface area contributed by atoms with Gasteiger partial charge >= 0.3 is 0 Å². The average Bonchev–Trinajstić information content (AvgIpc) is 2.83. The van der Waals surface area contributed by atoms with Crippen molar-refractivity contribution in [3.63, 3.8) is 0 Å². The SMILES string of the molecule is CCOc1cc(/C=C2\C(=O)NC(=S)N(c3ccc(Cl)cc3Cl)C2=O)cc(Br)c1OCc1ccc(Cl)cc1Cl. The highest BCUT2D eigenvalue weighted by Crippen LogP contribution is 2.39. The first-order valence-electron chi connectivity index (χ1n) is 11.0. The number of hydrogen-bond donors (Lipinski definition) is 1. The normalized spacial score (nSPS) is 14.6. The molecule has 196 valence electrons. The fraction of sp³-hybridized carbons (Fsp3) is 0.115. The molecule has 1 N–H and O–H groups in total. The molecular weight excluding hydrogens is 658 g/mol. The zero-order chi connectivity index (χ0) is 27.6. The molecule has 1 saturated heterocycles. The second kappa shape index (κ2) is 12.2. The lowest BCUT2D eigenvalue weighted by molar-refractivity contribution is -0.122. The molecule has 38 heavy (non-hydrogen) atoms. The van der Waals surface area contributed by atoms with Crippen molar-refractivity contribution in [3.05, 3.63) is 89.8 Å². The Kier molecular flexibility index (Phi) is 9.23. The number of carbonyl (C=O) groups excluding carboxylic acids is 2. The number of nitrogens with zero attached hydrogens (tertiary/aromatic N) is 1. The highest BCUT2D eigenvalue weighted by Gasteiger charge is 2.35. The van der Waals surface area contributed by atoms with E-state index in [2.05, 4.69) is 21.2 Å². The van der Waals surface area contributed by atoms with Crippen molar-refractivity contribution >= 4 is 103 Å². The van der Waals surface area contributed by atoms with Crippen molar-refractivity contribution in [3.8, 4) is 11.5 Å². The van der Waals surface area contributed by atoms with Crippen LogP contribution in [0.3, 0.4) is 0 Å². The summed E-state index contributed by atoms with van der Waals surface area (Å²) >= 11 is 33.3. The van der Waals surface area contributed by atoms with E-state index in [1.165, 1.54) is 12.1 Å². The van der Waals surface area contributed by atoms with E-state index in [4.69, 9.17) is 68.1 Å². The Bertz CT molecular complexity index is 1500. The van der Waals surface area contributed by atoms with Gasteiger partial charge in [0.05, 0.1) is 21.8 Å². The third kappa shape index (κ3) is 6.28. The maximum atomic E-state index is 13.4. The molecule has 1 fully saturated rings. The maximum Gasteiger partial charge on any atom is 0.270 e. The summed E-state index contributed by atoms with van der Waals surface area (Å²) in [5, 5.41) is 4.02. The van der Waals surface area contributed by atoms with Gasteiger partial charge in [-0.15, -0.1) is 0 Å². The van der Waals surface area contributed by atoms with Gasteiger partial charge < -0.3 is 9.47 Å². The van der Waals surface area contributed by atoms with Gasteiger partial charge in [0.1, 0.15) is 12.2 Å². The molecule has 1 aliphatic heterocycles. The van der Waals surface area contributed by atoms with Gasteiger partial charge in [-0.3, -0.25) is 19.8 Å². The minimum absolute atomic E-state index is 0.0952. The van der Waals surface area contributed by atoms with E-state index in [9.17, 15) is 9.59 Å². The largest absolute Gasteiger partial charge is 0.490 e. The highest BCUT2D eigenvalue weighted by molar-refractivity contribution is 9.10. The molecule has 4 rings (SSSR count). The highest BCUT2D eigenvalue weighted by atomic mass is 79.9. The van der Waals surface area contributed by atoms with Crippen LogP contribution in [0.25, 0.3) is 6.08 Å². The van der Waals surface area contributed by atoms with Gasteiger partial charge in [0.15, 0.2) is 16.6 Å². The van der Waals surface area contributed by atoms with Crippen LogP contribution in [-0.4, -0.2) is 23.5 Å². The smallest absolute Gasteiger partial charge is 0.270 e. The van der Waals surface area contributed by atoms with E-state index in [0.717, 1.165) is 10.5 Å². The van der Waals surface area contributed by atoms with Crippen LogP contribution < -0.4 is 19.7 Å². The third-order valence-electron chi connectivity index (χ3n) is 5.28. The van der Waals surface area contributed by atoms with Crippen molar-refractivity contribution in [2.75, 3.05) is 11.5 Å². The minimum atomic E-state index is -0.645. The van der Waals surface area contributed by atoms with Gasteiger partial charge in [-0.1, -0.05) is 52.5 Å². The second-order valence-electron chi connectivity index (χ2n) is 7.84. The summed E-state index contributed by atoms with van der Waals surface area (Å²) in [4.78, 5) is 27.3. The summed E-state index contributed by atoms with van der Waals surface area (Å²) in [5.74, 6) is -0.464. The van der Waals surface area contributed by atoms with E-state index in [1.807, 2.05) is 6.92 Å². The van der Waals surface area contributed by atoms with Crippen molar-refractivity contribution < 1.29 is 19.1 Å². The van der Waals surface area contributed by atoms with E-state index < -0.39 is 11.8 Å².